The first kappa shape index (κ1) is 16.6. The van der Waals surface area contributed by atoms with Crippen LogP contribution in [0.1, 0.15) is 22.5 Å². The van der Waals surface area contributed by atoms with E-state index in [0.29, 0.717) is 49.8 Å². The van der Waals surface area contributed by atoms with E-state index < -0.39 is 0 Å². The van der Waals surface area contributed by atoms with E-state index in [9.17, 15) is 9.59 Å². The lowest BCUT2D eigenvalue weighted by molar-refractivity contribution is -0.132. The molecule has 5 nitrogen and oxygen atoms in total. The lowest BCUT2D eigenvalue weighted by Gasteiger charge is -2.34. The highest BCUT2D eigenvalue weighted by Gasteiger charge is 2.25. The third-order valence-electron chi connectivity index (χ3n) is 4.22. The molecule has 0 radical (unpaired) electrons. The summed E-state index contributed by atoms with van der Waals surface area (Å²) in [6, 6.07) is 10.9. The SMILES string of the molecule is O=C(CCc1ccccc1Cl)N1CCN(C(=O)c2ccco2)CC1. The van der Waals surface area contributed by atoms with E-state index in [0.717, 1.165) is 5.56 Å². The summed E-state index contributed by atoms with van der Waals surface area (Å²) in [5, 5.41) is 0.694. The first-order valence-electron chi connectivity index (χ1n) is 7.99. The normalized spacial score (nSPS) is 14.7. The standard InChI is InChI=1S/C18H19ClN2O3/c19-15-5-2-1-4-14(15)7-8-17(22)20-9-11-21(12-10-20)18(23)16-6-3-13-24-16/h1-6,13H,7-12H2. The Labute approximate surface area is 145 Å². The van der Waals surface area contributed by atoms with Gasteiger partial charge in [-0.3, -0.25) is 9.59 Å². The van der Waals surface area contributed by atoms with Crippen LogP contribution in [0.15, 0.2) is 47.1 Å². The Morgan fingerprint density at radius 2 is 1.71 bits per heavy atom. The number of aryl methyl sites for hydroxylation is 1. The van der Waals surface area contributed by atoms with Crippen LogP contribution in [0.2, 0.25) is 5.02 Å². The summed E-state index contributed by atoms with van der Waals surface area (Å²) in [7, 11) is 0. The molecule has 0 aliphatic carbocycles. The van der Waals surface area contributed by atoms with Gasteiger partial charge in [0.1, 0.15) is 0 Å². The fourth-order valence-corrected chi connectivity index (χ4v) is 3.05. The second-order valence-corrected chi connectivity index (χ2v) is 6.15. The molecule has 2 aromatic rings. The molecule has 0 spiro atoms. The molecule has 1 aliphatic rings. The topological polar surface area (TPSA) is 53.8 Å². The Morgan fingerprint density at radius 3 is 2.38 bits per heavy atom. The summed E-state index contributed by atoms with van der Waals surface area (Å²) in [5.74, 6) is 0.316. The fraction of sp³-hybridized carbons (Fsp3) is 0.333. The highest BCUT2D eigenvalue weighted by Crippen LogP contribution is 2.17. The van der Waals surface area contributed by atoms with Gasteiger partial charge in [0.2, 0.25) is 5.91 Å². The monoisotopic (exact) mass is 346 g/mol. The maximum absolute atomic E-state index is 12.3. The lowest BCUT2D eigenvalue weighted by atomic mass is 10.1. The molecule has 2 heterocycles. The van der Waals surface area contributed by atoms with Gasteiger partial charge in [0.05, 0.1) is 6.26 Å². The lowest BCUT2D eigenvalue weighted by Crippen LogP contribution is -2.50. The highest BCUT2D eigenvalue weighted by atomic mass is 35.5. The van der Waals surface area contributed by atoms with E-state index in [1.165, 1.54) is 6.26 Å². The molecule has 3 rings (SSSR count). The van der Waals surface area contributed by atoms with Crippen LogP contribution in [0, 0.1) is 0 Å². The van der Waals surface area contributed by atoms with Gasteiger partial charge < -0.3 is 14.2 Å². The maximum Gasteiger partial charge on any atom is 0.289 e. The largest absolute Gasteiger partial charge is 0.459 e. The van der Waals surface area contributed by atoms with Crippen LogP contribution in [-0.4, -0.2) is 47.8 Å². The van der Waals surface area contributed by atoms with Gasteiger partial charge in [-0.25, -0.2) is 0 Å². The van der Waals surface area contributed by atoms with Gasteiger partial charge in [-0.05, 0) is 30.2 Å². The van der Waals surface area contributed by atoms with Crippen molar-refractivity contribution in [2.24, 2.45) is 0 Å². The zero-order valence-electron chi connectivity index (χ0n) is 13.3. The number of hydrogen-bond acceptors (Lipinski definition) is 3. The molecular weight excluding hydrogens is 328 g/mol. The molecule has 126 valence electrons. The molecule has 1 aliphatic heterocycles. The second-order valence-electron chi connectivity index (χ2n) is 5.74. The van der Waals surface area contributed by atoms with E-state index in [1.807, 2.05) is 29.2 Å². The summed E-state index contributed by atoms with van der Waals surface area (Å²) < 4.78 is 5.14. The molecule has 0 bridgehead atoms. The Kier molecular flexibility index (Phi) is 5.20. The van der Waals surface area contributed by atoms with E-state index in [2.05, 4.69) is 0 Å². The molecule has 24 heavy (non-hydrogen) atoms. The number of piperazine rings is 1. The minimum atomic E-state index is -0.122. The van der Waals surface area contributed by atoms with E-state index in [4.69, 9.17) is 16.0 Å². The van der Waals surface area contributed by atoms with Gasteiger partial charge in [-0.15, -0.1) is 0 Å². The number of carbonyl (C=O) groups is 2. The summed E-state index contributed by atoms with van der Waals surface area (Å²) >= 11 is 6.12. The van der Waals surface area contributed by atoms with Crippen molar-refractivity contribution in [2.45, 2.75) is 12.8 Å². The Morgan fingerprint density at radius 1 is 1.00 bits per heavy atom. The molecule has 0 saturated carbocycles. The Hall–Kier alpha value is -2.27. The van der Waals surface area contributed by atoms with Crippen LogP contribution in [0.5, 0.6) is 0 Å². The predicted molar refractivity (Wildman–Crippen MR) is 91.0 cm³/mol. The van der Waals surface area contributed by atoms with Crippen molar-refractivity contribution in [2.75, 3.05) is 26.2 Å². The summed E-state index contributed by atoms with van der Waals surface area (Å²) in [6.07, 6.45) is 2.54. The van der Waals surface area contributed by atoms with Crippen LogP contribution < -0.4 is 0 Å². The maximum atomic E-state index is 12.3. The number of furan rings is 1. The van der Waals surface area contributed by atoms with Crippen molar-refractivity contribution in [1.29, 1.82) is 0 Å². The molecule has 1 aromatic carbocycles. The molecule has 6 heteroatoms. The molecular formula is C18H19ClN2O3. The smallest absolute Gasteiger partial charge is 0.289 e. The van der Waals surface area contributed by atoms with Gasteiger partial charge in [-0.1, -0.05) is 29.8 Å². The minimum absolute atomic E-state index is 0.0972. The van der Waals surface area contributed by atoms with Crippen LogP contribution in [0.4, 0.5) is 0 Å². The molecule has 1 fully saturated rings. The molecule has 0 N–H and O–H groups in total. The summed E-state index contributed by atoms with van der Waals surface area (Å²) in [5.41, 5.74) is 0.985. The first-order valence-corrected chi connectivity index (χ1v) is 8.37. The van der Waals surface area contributed by atoms with Gasteiger partial charge in [0, 0.05) is 37.6 Å². The van der Waals surface area contributed by atoms with Crippen LogP contribution in [0.3, 0.4) is 0 Å². The number of nitrogens with zero attached hydrogens (tertiary/aromatic N) is 2. The molecule has 0 unspecified atom stereocenters. The number of halogens is 1. The van der Waals surface area contributed by atoms with Gasteiger partial charge >= 0.3 is 0 Å². The summed E-state index contributed by atoms with van der Waals surface area (Å²) in [4.78, 5) is 28.1. The number of rotatable bonds is 4. The van der Waals surface area contributed by atoms with Crippen molar-refractivity contribution >= 4 is 23.4 Å². The van der Waals surface area contributed by atoms with Crippen molar-refractivity contribution in [3.8, 4) is 0 Å². The molecule has 1 aromatic heterocycles. The third kappa shape index (κ3) is 3.79. The zero-order valence-corrected chi connectivity index (χ0v) is 14.0. The van der Waals surface area contributed by atoms with Crippen molar-refractivity contribution in [3.63, 3.8) is 0 Å². The summed E-state index contributed by atoms with van der Waals surface area (Å²) in [6.45, 7) is 2.15. The highest BCUT2D eigenvalue weighted by molar-refractivity contribution is 6.31. The van der Waals surface area contributed by atoms with E-state index in [1.54, 1.807) is 17.0 Å². The Bertz CT molecular complexity index is 707. The Balaban J connectivity index is 1.48. The van der Waals surface area contributed by atoms with Crippen molar-refractivity contribution < 1.29 is 14.0 Å². The first-order chi connectivity index (χ1) is 11.6. The van der Waals surface area contributed by atoms with Crippen molar-refractivity contribution in [1.82, 2.24) is 9.80 Å². The number of benzene rings is 1. The zero-order chi connectivity index (χ0) is 16.9. The van der Waals surface area contributed by atoms with Gasteiger partial charge in [0.25, 0.3) is 5.91 Å². The number of hydrogen-bond donors (Lipinski definition) is 0. The molecule has 1 saturated heterocycles. The average Bonchev–Trinajstić information content (AvgIpc) is 3.15. The molecule has 2 amide bonds. The van der Waals surface area contributed by atoms with Crippen LogP contribution >= 0.6 is 11.6 Å². The number of carbonyl (C=O) groups excluding carboxylic acids is 2. The van der Waals surface area contributed by atoms with Crippen LogP contribution in [0.25, 0.3) is 0 Å². The van der Waals surface area contributed by atoms with Gasteiger partial charge in [0.15, 0.2) is 5.76 Å². The third-order valence-corrected chi connectivity index (χ3v) is 4.59. The van der Waals surface area contributed by atoms with E-state index >= 15 is 0 Å². The average molecular weight is 347 g/mol. The van der Waals surface area contributed by atoms with Crippen LogP contribution in [-0.2, 0) is 11.2 Å². The molecule has 0 atom stereocenters. The van der Waals surface area contributed by atoms with Crippen molar-refractivity contribution in [3.05, 3.63) is 59.0 Å². The van der Waals surface area contributed by atoms with Gasteiger partial charge in [-0.2, -0.15) is 0 Å². The fourth-order valence-electron chi connectivity index (χ4n) is 2.82. The quantitative estimate of drug-likeness (QED) is 0.855. The minimum Gasteiger partial charge on any atom is -0.459 e. The predicted octanol–water partition coefficient (Wildman–Crippen LogP) is 2.85. The second kappa shape index (κ2) is 7.53. The van der Waals surface area contributed by atoms with E-state index in [-0.39, 0.29) is 11.8 Å². The number of amides is 2.